The molecule has 5 heteroatoms. The third-order valence-corrected chi connectivity index (χ3v) is 3.81. The first-order chi connectivity index (χ1) is 6.27. The minimum atomic E-state index is 0.772. The summed E-state index contributed by atoms with van der Waals surface area (Å²) in [7, 11) is 0. The van der Waals surface area contributed by atoms with Crippen LogP contribution in [0.25, 0.3) is 10.6 Å². The maximum atomic E-state index is 5.90. The van der Waals surface area contributed by atoms with Crippen molar-refractivity contribution in [1.29, 1.82) is 0 Å². The van der Waals surface area contributed by atoms with Gasteiger partial charge in [0.2, 0.25) is 0 Å². The van der Waals surface area contributed by atoms with Crippen molar-refractivity contribution >= 4 is 45.5 Å². The van der Waals surface area contributed by atoms with E-state index in [4.69, 9.17) is 11.6 Å². The molecule has 13 heavy (non-hydrogen) atoms. The zero-order valence-electron chi connectivity index (χ0n) is 6.37. The van der Waals surface area contributed by atoms with Crippen LogP contribution < -0.4 is 0 Å². The van der Waals surface area contributed by atoms with Gasteiger partial charge < -0.3 is 0 Å². The maximum absolute atomic E-state index is 5.90. The summed E-state index contributed by atoms with van der Waals surface area (Å²) in [5.41, 5.74) is 2.79. The molecule has 0 aliphatic heterocycles. The Labute approximate surface area is 98.1 Å². The van der Waals surface area contributed by atoms with E-state index in [1.54, 1.807) is 5.51 Å². The molecule has 0 bridgehead atoms. The van der Waals surface area contributed by atoms with Crippen LogP contribution in [0.5, 0.6) is 0 Å². The number of aromatic nitrogens is 2. The SMILES string of the molecule is Clc1ccc(-c2nncs2)cc1I. The average Bonchev–Trinajstić information content (AvgIpc) is 2.62. The maximum Gasteiger partial charge on any atom is 0.147 e. The molecule has 0 aliphatic carbocycles. The zero-order chi connectivity index (χ0) is 9.26. The topological polar surface area (TPSA) is 25.8 Å². The Hall–Kier alpha value is -0.200. The van der Waals surface area contributed by atoms with Gasteiger partial charge in [-0.1, -0.05) is 29.0 Å². The quantitative estimate of drug-likeness (QED) is 0.751. The van der Waals surface area contributed by atoms with Gasteiger partial charge in [-0.05, 0) is 34.7 Å². The molecule has 2 aromatic rings. The normalized spacial score (nSPS) is 10.3. The molecule has 0 fully saturated rings. The summed E-state index contributed by atoms with van der Waals surface area (Å²) in [4.78, 5) is 0. The fraction of sp³-hybridized carbons (Fsp3) is 0. The van der Waals surface area contributed by atoms with Crippen molar-refractivity contribution in [3.63, 3.8) is 0 Å². The lowest BCUT2D eigenvalue weighted by atomic mass is 10.2. The van der Waals surface area contributed by atoms with Crippen LogP contribution in [-0.4, -0.2) is 10.2 Å². The first kappa shape index (κ1) is 9.36. The van der Waals surface area contributed by atoms with Gasteiger partial charge in [-0.15, -0.1) is 10.2 Å². The number of benzene rings is 1. The van der Waals surface area contributed by atoms with E-state index in [1.807, 2.05) is 18.2 Å². The third-order valence-electron chi connectivity index (χ3n) is 1.53. The summed E-state index contributed by atoms with van der Waals surface area (Å²) < 4.78 is 1.03. The van der Waals surface area contributed by atoms with Crippen molar-refractivity contribution in [3.05, 3.63) is 32.3 Å². The Morgan fingerprint density at radius 3 is 2.85 bits per heavy atom. The standard InChI is InChI=1S/C8H4ClIN2S/c9-6-2-1-5(3-7(6)10)8-12-11-4-13-8/h1-4H. The Bertz CT molecular complexity index is 416. The van der Waals surface area contributed by atoms with Crippen molar-refractivity contribution in [1.82, 2.24) is 10.2 Å². The Morgan fingerprint density at radius 1 is 1.38 bits per heavy atom. The molecule has 0 atom stereocenters. The minimum absolute atomic E-state index is 0.772. The first-order valence-corrected chi connectivity index (χ1v) is 5.82. The lowest BCUT2D eigenvalue weighted by Gasteiger charge is -1.98. The van der Waals surface area contributed by atoms with Crippen molar-refractivity contribution in [2.24, 2.45) is 0 Å². The molecule has 0 aliphatic rings. The predicted octanol–water partition coefficient (Wildman–Crippen LogP) is 3.46. The lowest BCUT2D eigenvalue weighted by Crippen LogP contribution is -1.79. The van der Waals surface area contributed by atoms with Crippen LogP contribution in [0, 0.1) is 3.57 Å². The van der Waals surface area contributed by atoms with Crippen LogP contribution >= 0.6 is 45.5 Å². The third kappa shape index (κ3) is 2.00. The van der Waals surface area contributed by atoms with Crippen molar-refractivity contribution < 1.29 is 0 Å². The molecule has 0 saturated heterocycles. The van der Waals surface area contributed by atoms with Gasteiger partial charge in [-0.3, -0.25) is 0 Å². The highest BCUT2D eigenvalue weighted by Crippen LogP contribution is 2.26. The van der Waals surface area contributed by atoms with Crippen LogP contribution in [0.1, 0.15) is 0 Å². The lowest BCUT2D eigenvalue weighted by molar-refractivity contribution is 1.10. The Balaban J connectivity index is 2.49. The van der Waals surface area contributed by atoms with E-state index in [9.17, 15) is 0 Å². The highest BCUT2D eigenvalue weighted by Gasteiger charge is 2.03. The van der Waals surface area contributed by atoms with Gasteiger partial charge in [0, 0.05) is 9.13 Å². The second-order valence-corrected chi connectivity index (χ2v) is 4.78. The Morgan fingerprint density at radius 2 is 2.23 bits per heavy atom. The average molecular weight is 323 g/mol. The minimum Gasteiger partial charge on any atom is -0.147 e. The van der Waals surface area contributed by atoms with Gasteiger partial charge in [-0.25, -0.2) is 0 Å². The molecule has 0 radical (unpaired) electrons. The van der Waals surface area contributed by atoms with Crippen LogP contribution in [0.2, 0.25) is 5.02 Å². The summed E-state index contributed by atoms with van der Waals surface area (Å²) in [5, 5.41) is 9.46. The summed E-state index contributed by atoms with van der Waals surface area (Å²) in [5.74, 6) is 0. The monoisotopic (exact) mass is 322 g/mol. The summed E-state index contributed by atoms with van der Waals surface area (Å²) in [6, 6.07) is 5.83. The number of halogens is 2. The number of rotatable bonds is 1. The second-order valence-electron chi connectivity index (χ2n) is 2.37. The first-order valence-electron chi connectivity index (χ1n) is 3.49. The molecule has 0 unspecified atom stereocenters. The molecular weight excluding hydrogens is 319 g/mol. The molecule has 0 N–H and O–H groups in total. The molecule has 1 aromatic carbocycles. The van der Waals surface area contributed by atoms with Crippen LogP contribution in [0.4, 0.5) is 0 Å². The molecular formula is C8H4ClIN2S. The fourth-order valence-electron chi connectivity index (χ4n) is 0.928. The molecule has 66 valence electrons. The van der Waals surface area contributed by atoms with Crippen LogP contribution in [-0.2, 0) is 0 Å². The van der Waals surface area contributed by atoms with E-state index < -0.39 is 0 Å². The molecule has 2 nitrogen and oxygen atoms in total. The van der Waals surface area contributed by atoms with Crippen LogP contribution in [0.15, 0.2) is 23.7 Å². The molecule has 0 amide bonds. The van der Waals surface area contributed by atoms with Gasteiger partial charge in [0.25, 0.3) is 0 Å². The van der Waals surface area contributed by atoms with E-state index in [1.165, 1.54) is 11.3 Å². The van der Waals surface area contributed by atoms with E-state index in [-0.39, 0.29) is 0 Å². The molecule has 0 saturated carbocycles. The van der Waals surface area contributed by atoms with E-state index >= 15 is 0 Å². The zero-order valence-corrected chi connectivity index (χ0v) is 10.1. The smallest absolute Gasteiger partial charge is 0.147 e. The van der Waals surface area contributed by atoms with Gasteiger partial charge in [0.05, 0.1) is 5.02 Å². The molecule has 1 heterocycles. The summed E-state index contributed by atoms with van der Waals surface area (Å²) in [6.45, 7) is 0. The van der Waals surface area contributed by atoms with E-state index in [0.29, 0.717) is 0 Å². The summed E-state index contributed by atoms with van der Waals surface area (Å²) in [6.07, 6.45) is 0. The van der Waals surface area contributed by atoms with Gasteiger partial charge in [-0.2, -0.15) is 0 Å². The highest BCUT2D eigenvalue weighted by atomic mass is 127. The second kappa shape index (κ2) is 3.89. The van der Waals surface area contributed by atoms with E-state index in [2.05, 4.69) is 32.8 Å². The van der Waals surface area contributed by atoms with Gasteiger partial charge in [0.15, 0.2) is 0 Å². The van der Waals surface area contributed by atoms with Gasteiger partial charge in [0.1, 0.15) is 10.5 Å². The molecule has 0 spiro atoms. The molecule has 1 aromatic heterocycles. The van der Waals surface area contributed by atoms with E-state index in [0.717, 1.165) is 19.2 Å². The molecule has 2 rings (SSSR count). The Kier molecular flexibility index (Phi) is 2.80. The summed E-state index contributed by atoms with van der Waals surface area (Å²) >= 11 is 9.62. The number of hydrogen-bond acceptors (Lipinski definition) is 3. The number of hydrogen-bond donors (Lipinski definition) is 0. The predicted molar refractivity (Wildman–Crippen MR) is 63.1 cm³/mol. The largest absolute Gasteiger partial charge is 0.147 e. The van der Waals surface area contributed by atoms with Crippen molar-refractivity contribution in [2.45, 2.75) is 0 Å². The highest BCUT2D eigenvalue weighted by molar-refractivity contribution is 14.1. The fourth-order valence-corrected chi connectivity index (χ4v) is 2.11. The van der Waals surface area contributed by atoms with Crippen molar-refractivity contribution in [3.8, 4) is 10.6 Å². The van der Waals surface area contributed by atoms with Gasteiger partial charge >= 0.3 is 0 Å². The van der Waals surface area contributed by atoms with Crippen LogP contribution in [0.3, 0.4) is 0 Å². The number of nitrogens with zero attached hydrogens (tertiary/aromatic N) is 2. The van der Waals surface area contributed by atoms with Crippen molar-refractivity contribution in [2.75, 3.05) is 0 Å².